The standard InChI is InChI=1S/C9H17NO2/c1-7(11)6-10-9(12)8-4-2-3-5-8/h7-8,11H,2-6H2,1H3,(H,10,12)/t7-/m1/s1. The van der Waals surface area contributed by atoms with Crippen LogP contribution < -0.4 is 5.32 Å². The molecule has 0 aromatic rings. The maximum Gasteiger partial charge on any atom is 0.223 e. The van der Waals surface area contributed by atoms with Gasteiger partial charge in [0.15, 0.2) is 0 Å². The van der Waals surface area contributed by atoms with Crippen LogP contribution in [-0.4, -0.2) is 23.7 Å². The zero-order valence-electron chi connectivity index (χ0n) is 7.55. The van der Waals surface area contributed by atoms with Crippen molar-refractivity contribution in [3.05, 3.63) is 0 Å². The number of aliphatic hydroxyl groups excluding tert-OH is 1. The first kappa shape index (κ1) is 9.52. The minimum Gasteiger partial charge on any atom is -0.392 e. The van der Waals surface area contributed by atoms with Crippen LogP contribution >= 0.6 is 0 Å². The van der Waals surface area contributed by atoms with Crippen molar-refractivity contribution in [3.63, 3.8) is 0 Å². The van der Waals surface area contributed by atoms with Gasteiger partial charge in [0, 0.05) is 12.5 Å². The number of nitrogens with one attached hydrogen (secondary N) is 1. The van der Waals surface area contributed by atoms with Crippen molar-refractivity contribution >= 4 is 5.91 Å². The molecule has 1 rings (SSSR count). The van der Waals surface area contributed by atoms with E-state index in [1.807, 2.05) is 0 Å². The zero-order valence-corrected chi connectivity index (χ0v) is 7.55. The van der Waals surface area contributed by atoms with Crippen LogP contribution in [-0.2, 0) is 4.79 Å². The molecule has 1 fully saturated rings. The second-order valence-corrected chi connectivity index (χ2v) is 3.58. The van der Waals surface area contributed by atoms with Crippen LogP contribution in [0.5, 0.6) is 0 Å². The normalized spacial score (nSPS) is 20.8. The van der Waals surface area contributed by atoms with Crippen LogP contribution in [0.15, 0.2) is 0 Å². The van der Waals surface area contributed by atoms with Gasteiger partial charge >= 0.3 is 0 Å². The molecule has 0 unspecified atom stereocenters. The fourth-order valence-corrected chi connectivity index (χ4v) is 1.58. The molecule has 0 heterocycles. The molecule has 12 heavy (non-hydrogen) atoms. The molecule has 0 spiro atoms. The van der Waals surface area contributed by atoms with E-state index in [4.69, 9.17) is 5.11 Å². The summed E-state index contributed by atoms with van der Waals surface area (Å²) in [6.45, 7) is 2.06. The van der Waals surface area contributed by atoms with Crippen LogP contribution in [0.25, 0.3) is 0 Å². The lowest BCUT2D eigenvalue weighted by Crippen LogP contribution is -2.34. The van der Waals surface area contributed by atoms with E-state index in [1.165, 1.54) is 12.8 Å². The van der Waals surface area contributed by atoms with E-state index in [9.17, 15) is 4.79 Å². The number of rotatable bonds is 3. The third-order valence-corrected chi connectivity index (χ3v) is 2.30. The average molecular weight is 171 g/mol. The highest BCUT2D eigenvalue weighted by Crippen LogP contribution is 2.24. The highest BCUT2D eigenvalue weighted by molar-refractivity contribution is 5.78. The number of aliphatic hydroxyl groups is 1. The zero-order chi connectivity index (χ0) is 8.97. The molecule has 1 amide bonds. The summed E-state index contributed by atoms with van der Waals surface area (Å²) in [5, 5.41) is 11.7. The molecule has 1 aliphatic carbocycles. The third-order valence-electron chi connectivity index (χ3n) is 2.30. The molecular formula is C9H17NO2. The van der Waals surface area contributed by atoms with Crippen molar-refractivity contribution in [3.8, 4) is 0 Å². The maximum absolute atomic E-state index is 11.3. The predicted octanol–water partition coefficient (Wildman–Crippen LogP) is 0.674. The number of amides is 1. The Morgan fingerprint density at radius 1 is 1.58 bits per heavy atom. The summed E-state index contributed by atoms with van der Waals surface area (Å²) in [6.07, 6.45) is 3.95. The Balaban J connectivity index is 2.18. The summed E-state index contributed by atoms with van der Waals surface area (Å²) in [5.74, 6) is 0.331. The summed E-state index contributed by atoms with van der Waals surface area (Å²) < 4.78 is 0. The van der Waals surface area contributed by atoms with E-state index >= 15 is 0 Å². The Morgan fingerprint density at radius 3 is 2.67 bits per heavy atom. The van der Waals surface area contributed by atoms with Crippen molar-refractivity contribution in [2.45, 2.75) is 38.7 Å². The largest absolute Gasteiger partial charge is 0.392 e. The Hall–Kier alpha value is -0.570. The Kier molecular flexibility index (Phi) is 3.53. The molecule has 1 saturated carbocycles. The molecule has 0 aromatic heterocycles. The molecule has 0 bridgehead atoms. The van der Waals surface area contributed by atoms with Gasteiger partial charge in [0.2, 0.25) is 5.91 Å². The third kappa shape index (κ3) is 2.81. The van der Waals surface area contributed by atoms with Gasteiger partial charge in [-0.1, -0.05) is 12.8 Å². The lowest BCUT2D eigenvalue weighted by atomic mass is 10.1. The molecule has 3 nitrogen and oxygen atoms in total. The van der Waals surface area contributed by atoms with Crippen LogP contribution in [0.2, 0.25) is 0 Å². The van der Waals surface area contributed by atoms with Crippen molar-refractivity contribution in [1.82, 2.24) is 5.32 Å². The Bertz CT molecular complexity index is 151. The van der Waals surface area contributed by atoms with Gasteiger partial charge in [-0.15, -0.1) is 0 Å². The van der Waals surface area contributed by atoms with Crippen molar-refractivity contribution < 1.29 is 9.90 Å². The number of hydrogen-bond acceptors (Lipinski definition) is 2. The molecule has 0 aromatic carbocycles. The second kappa shape index (κ2) is 4.45. The minimum absolute atomic E-state index is 0.119. The quantitative estimate of drug-likeness (QED) is 0.656. The van der Waals surface area contributed by atoms with Crippen LogP contribution in [0.3, 0.4) is 0 Å². The predicted molar refractivity (Wildman–Crippen MR) is 46.6 cm³/mol. The summed E-state index contributed by atoms with van der Waals surface area (Å²) in [5.41, 5.74) is 0. The maximum atomic E-state index is 11.3. The van der Waals surface area contributed by atoms with E-state index in [-0.39, 0.29) is 11.8 Å². The molecule has 2 N–H and O–H groups in total. The minimum atomic E-state index is -0.435. The molecule has 0 aliphatic heterocycles. The smallest absolute Gasteiger partial charge is 0.223 e. The SMILES string of the molecule is C[C@@H](O)CNC(=O)C1CCCC1. The van der Waals surface area contributed by atoms with Crippen molar-refractivity contribution in [2.75, 3.05) is 6.54 Å². The van der Waals surface area contributed by atoms with E-state index in [2.05, 4.69) is 5.32 Å². The lowest BCUT2D eigenvalue weighted by Gasteiger charge is -2.11. The van der Waals surface area contributed by atoms with Gasteiger partial charge in [-0.3, -0.25) is 4.79 Å². The lowest BCUT2D eigenvalue weighted by molar-refractivity contribution is -0.125. The fourth-order valence-electron chi connectivity index (χ4n) is 1.58. The molecule has 0 saturated heterocycles. The summed E-state index contributed by atoms with van der Waals surface area (Å²) in [4.78, 5) is 11.3. The average Bonchev–Trinajstić information content (AvgIpc) is 2.51. The van der Waals surface area contributed by atoms with Gasteiger partial charge in [-0.05, 0) is 19.8 Å². The topological polar surface area (TPSA) is 49.3 Å². The summed E-state index contributed by atoms with van der Waals surface area (Å²) >= 11 is 0. The first-order chi connectivity index (χ1) is 5.70. The first-order valence-corrected chi connectivity index (χ1v) is 4.66. The van der Waals surface area contributed by atoms with Gasteiger partial charge in [0.05, 0.1) is 6.10 Å². The second-order valence-electron chi connectivity index (χ2n) is 3.58. The summed E-state index contributed by atoms with van der Waals surface area (Å²) in [6, 6.07) is 0. The van der Waals surface area contributed by atoms with E-state index in [1.54, 1.807) is 6.92 Å². The van der Waals surface area contributed by atoms with Crippen molar-refractivity contribution in [1.29, 1.82) is 0 Å². The molecule has 3 heteroatoms. The van der Waals surface area contributed by atoms with Crippen molar-refractivity contribution in [2.24, 2.45) is 5.92 Å². The van der Waals surface area contributed by atoms with Gasteiger partial charge in [0.1, 0.15) is 0 Å². The number of carbonyl (C=O) groups is 1. The van der Waals surface area contributed by atoms with E-state index < -0.39 is 6.10 Å². The summed E-state index contributed by atoms with van der Waals surface area (Å²) in [7, 11) is 0. The molecular weight excluding hydrogens is 154 g/mol. The first-order valence-electron chi connectivity index (χ1n) is 4.66. The Morgan fingerprint density at radius 2 is 2.17 bits per heavy atom. The Labute approximate surface area is 73.2 Å². The van der Waals surface area contributed by atoms with E-state index in [0.29, 0.717) is 6.54 Å². The van der Waals surface area contributed by atoms with Crippen LogP contribution in [0.4, 0.5) is 0 Å². The molecule has 1 atom stereocenters. The highest BCUT2D eigenvalue weighted by atomic mass is 16.3. The van der Waals surface area contributed by atoms with Gasteiger partial charge in [-0.2, -0.15) is 0 Å². The van der Waals surface area contributed by atoms with Crippen LogP contribution in [0.1, 0.15) is 32.6 Å². The van der Waals surface area contributed by atoms with Crippen LogP contribution in [0, 0.1) is 5.92 Å². The van der Waals surface area contributed by atoms with Gasteiger partial charge in [-0.25, -0.2) is 0 Å². The molecule has 0 radical (unpaired) electrons. The van der Waals surface area contributed by atoms with Gasteiger partial charge < -0.3 is 10.4 Å². The van der Waals surface area contributed by atoms with E-state index in [0.717, 1.165) is 12.8 Å². The fraction of sp³-hybridized carbons (Fsp3) is 0.889. The molecule has 70 valence electrons. The number of carbonyl (C=O) groups excluding carboxylic acids is 1. The monoisotopic (exact) mass is 171 g/mol. The highest BCUT2D eigenvalue weighted by Gasteiger charge is 2.22. The van der Waals surface area contributed by atoms with Gasteiger partial charge in [0.25, 0.3) is 0 Å². The number of hydrogen-bond donors (Lipinski definition) is 2. The molecule has 1 aliphatic rings.